The van der Waals surface area contributed by atoms with Gasteiger partial charge in [-0.25, -0.2) is 0 Å². The molecule has 0 radical (unpaired) electrons. The first-order valence-electron chi connectivity index (χ1n) is 7.74. The average Bonchev–Trinajstić information content (AvgIpc) is 2.58. The number of benzene rings is 2. The van der Waals surface area contributed by atoms with Gasteiger partial charge in [0.25, 0.3) is 0 Å². The van der Waals surface area contributed by atoms with Crippen molar-refractivity contribution in [2.75, 3.05) is 13.7 Å². The topological polar surface area (TPSA) is 55.8 Å². The second kappa shape index (κ2) is 7.58. The van der Waals surface area contributed by atoms with E-state index in [1.807, 2.05) is 44.2 Å². The van der Waals surface area contributed by atoms with Gasteiger partial charge in [0.15, 0.2) is 0 Å². The van der Waals surface area contributed by atoms with Gasteiger partial charge in [0, 0.05) is 5.56 Å². The number of rotatable bonds is 6. The van der Waals surface area contributed by atoms with E-state index >= 15 is 0 Å². The first-order valence-corrected chi connectivity index (χ1v) is 8.12. The lowest BCUT2D eigenvalue weighted by molar-refractivity contribution is -0.138. The van der Waals surface area contributed by atoms with Crippen LogP contribution in [-0.2, 0) is 4.79 Å². The molecule has 0 spiro atoms. The van der Waals surface area contributed by atoms with Gasteiger partial charge in [0.1, 0.15) is 11.5 Å². The van der Waals surface area contributed by atoms with Gasteiger partial charge in [-0.15, -0.1) is 0 Å². The Morgan fingerprint density at radius 2 is 1.88 bits per heavy atom. The van der Waals surface area contributed by atoms with E-state index in [0.29, 0.717) is 28.7 Å². The normalized spacial score (nSPS) is 11.9. The molecule has 0 aliphatic carbocycles. The van der Waals surface area contributed by atoms with Crippen molar-refractivity contribution in [1.82, 2.24) is 0 Å². The van der Waals surface area contributed by atoms with Gasteiger partial charge in [-0.2, -0.15) is 0 Å². The predicted octanol–water partition coefficient (Wildman–Crippen LogP) is 4.91. The summed E-state index contributed by atoms with van der Waals surface area (Å²) < 4.78 is 11.3. The Labute approximate surface area is 147 Å². The Morgan fingerprint density at radius 3 is 2.38 bits per heavy atom. The number of methoxy groups -OCH3 is 1. The maximum Gasteiger partial charge on any atom is 0.310 e. The van der Waals surface area contributed by atoms with Crippen LogP contribution >= 0.6 is 11.6 Å². The molecule has 5 heteroatoms. The molecule has 0 amide bonds. The maximum atomic E-state index is 11.6. The standard InChI is InChI=1S/C19H21ClO4/c1-5-24-17-14(13-9-7-6-8-10-13)11(2)16(20)18(23-4)15(17)12(3)19(21)22/h6-10,12H,5H2,1-4H3,(H,21,22). The summed E-state index contributed by atoms with van der Waals surface area (Å²) in [6, 6.07) is 9.66. The van der Waals surface area contributed by atoms with E-state index in [4.69, 9.17) is 21.1 Å². The van der Waals surface area contributed by atoms with Crippen LogP contribution in [0.3, 0.4) is 0 Å². The largest absolute Gasteiger partial charge is 0.495 e. The van der Waals surface area contributed by atoms with Crippen molar-refractivity contribution in [1.29, 1.82) is 0 Å². The molecule has 2 aromatic carbocycles. The lowest BCUT2D eigenvalue weighted by Crippen LogP contribution is -2.13. The summed E-state index contributed by atoms with van der Waals surface area (Å²) in [6.07, 6.45) is 0. The minimum absolute atomic E-state index is 0.354. The molecular weight excluding hydrogens is 328 g/mol. The van der Waals surface area contributed by atoms with Crippen LogP contribution in [0, 0.1) is 6.92 Å². The zero-order valence-electron chi connectivity index (χ0n) is 14.2. The second-order valence-electron chi connectivity index (χ2n) is 5.45. The lowest BCUT2D eigenvalue weighted by Gasteiger charge is -2.24. The van der Waals surface area contributed by atoms with Gasteiger partial charge in [0.05, 0.1) is 30.2 Å². The molecule has 4 nitrogen and oxygen atoms in total. The van der Waals surface area contributed by atoms with Crippen molar-refractivity contribution in [3.8, 4) is 22.6 Å². The maximum absolute atomic E-state index is 11.6. The summed E-state index contributed by atoms with van der Waals surface area (Å²) in [5.41, 5.74) is 2.97. The lowest BCUT2D eigenvalue weighted by atomic mass is 9.90. The van der Waals surface area contributed by atoms with Gasteiger partial charge in [-0.3, -0.25) is 4.79 Å². The molecule has 0 fully saturated rings. The van der Waals surface area contributed by atoms with E-state index in [9.17, 15) is 9.90 Å². The molecule has 0 bridgehead atoms. The van der Waals surface area contributed by atoms with Crippen molar-refractivity contribution >= 4 is 17.6 Å². The van der Waals surface area contributed by atoms with Gasteiger partial charge < -0.3 is 14.6 Å². The monoisotopic (exact) mass is 348 g/mol. The van der Waals surface area contributed by atoms with Crippen LogP contribution in [0.1, 0.15) is 30.9 Å². The number of carboxylic acids is 1. The van der Waals surface area contributed by atoms with Crippen molar-refractivity contribution in [2.45, 2.75) is 26.7 Å². The summed E-state index contributed by atoms with van der Waals surface area (Å²) >= 11 is 6.50. The number of hydrogen-bond donors (Lipinski definition) is 1. The highest BCUT2D eigenvalue weighted by atomic mass is 35.5. The van der Waals surface area contributed by atoms with Gasteiger partial charge in [-0.1, -0.05) is 41.9 Å². The van der Waals surface area contributed by atoms with Crippen LogP contribution in [0.15, 0.2) is 30.3 Å². The van der Waals surface area contributed by atoms with E-state index in [-0.39, 0.29) is 0 Å². The fourth-order valence-electron chi connectivity index (χ4n) is 2.77. The molecule has 0 aromatic heterocycles. The first kappa shape index (κ1) is 18.1. The number of carbonyl (C=O) groups is 1. The van der Waals surface area contributed by atoms with Crippen LogP contribution in [0.4, 0.5) is 0 Å². The van der Waals surface area contributed by atoms with Crippen LogP contribution < -0.4 is 9.47 Å². The molecule has 0 saturated heterocycles. The summed E-state index contributed by atoms with van der Waals surface area (Å²) in [5.74, 6) is -0.917. The highest BCUT2D eigenvalue weighted by molar-refractivity contribution is 6.33. The van der Waals surface area contributed by atoms with Gasteiger partial charge >= 0.3 is 5.97 Å². The molecular formula is C19H21ClO4. The van der Waals surface area contributed by atoms with Crippen molar-refractivity contribution < 1.29 is 19.4 Å². The molecule has 128 valence electrons. The molecule has 2 aromatic rings. The molecule has 1 unspecified atom stereocenters. The van der Waals surface area contributed by atoms with Gasteiger partial charge in [-0.05, 0) is 31.9 Å². The summed E-state index contributed by atoms with van der Waals surface area (Å²) in [7, 11) is 1.48. The molecule has 0 aliphatic heterocycles. The van der Waals surface area contributed by atoms with E-state index in [1.165, 1.54) is 7.11 Å². The SMILES string of the molecule is CCOc1c(-c2ccccc2)c(C)c(Cl)c(OC)c1C(C)C(=O)O. The number of ether oxygens (including phenoxy) is 2. The zero-order valence-corrected chi connectivity index (χ0v) is 15.0. The Morgan fingerprint density at radius 1 is 1.25 bits per heavy atom. The van der Waals surface area contributed by atoms with E-state index in [1.54, 1.807) is 6.92 Å². The quantitative estimate of drug-likeness (QED) is 0.805. The van der Waals surface area contributed by atoms with Crippen molar-refractivity contribution in [3.05, 3.63) is 46.5 Å². The van der Waals surface area contributed by atoms with Crippen LogP contribution in [0.2, 0.25) is 5.02 Å². The third kappa shape index (κ3) is 3.20. The molecule has 1 atom stereocenters. The summed E-state index contributed by atoms with van der Waals surface area (Å²) in [4.78, 5) is 11.6. The Bertz CT molecular complexity index is 741. The van der Waals surface area contributed by atoms with Crippen molar-refractivity contribution in [3.63, 3.8) is 0 Å². The molecule has 0 saturated carbocycles. The number of aliphatic carboxylic acids is 1. The second-order valence-corrected chi connectivity index (χ2v) is 5.83. The number of carboxylic acid groups (broad SMARTS) is 1. The highest BCUT2D eigenvalue weighted by Gasteiger charge is 2.30. The minimum Gasteiger partial charge on any atom is -0.495 e. The molecule has 0 aliphatic rings. The molecule has 1 N–H and O–H groups in total. The number of hydrogen-bond acceptors (Lipinski definition) is 3. The smallest absolute Gasteiger partial charge is 0.310 e. The van der Waals surface area contributed by atoms with E-state index in [0.717, 1.165) is 16.7 Å². The summed E-state index contributed by atoms with van der Waals surface area (Å²) in [6.45, 7) is 5.75. The Hall–Kier alpha value is -2.20. The minimum atomic E-state index is -0.965. The zero-order chi connectivity index (χ0) is 17.9. The molecule has 2 rings (SSSR count). The third-order valence-electron chi connectivity index (χ3n) is 3.98. The highest BCUT2D eigenvalue weighted by Crippen LogP contribution is 2.49. The Balaban J connectivity index is 2.91. The third-order valence-corrected chi connectivity index (χ3v) is 4.43. The first-order chi connectivity index (χ1) is 11.4. The molecule has 0 heterocycles. The fourth-order valence-corrected chi connectivity index (χ4v) is 3.04. The summed E-state index contributed by atoms with van der Waals surface area (Å²) in [5, 5.41) is 9.92. The predicted molar refractivity (Wildman–Crippen MR) is 95.4 cm³/mol. The van der Waals surface area contributed by atoms with E-state index in [2.05, 4.69) is 0 Å². The van der Waals surface area contributed by atoms with Gasteiger partial charge in [0.2, 0.25) is 0 Å². The van der Waals surface area contributed by atoms with E-state index < -0.39 is 11.9 Å². The Kier molecular flexibility index (Phi) is 5.73. The van der Waals surface area contributed by atoms with Crippen LogP contribution in [0.25, 0.3) is 11.1 Å². The molecule has 24 heavy (non-hydrogen) atoms. The van der Waals surface area contributed by atoms with Crippen molar-refractivity contribution in [2.24, 2.45) is 0 Å². The van der Waals surface area contributed by atoms with Crippen LogP contribution in [-0.4, -0.2) is 24.8 Å². The van der Waals surface area contributed by atoms with Crippen LogP contribution in [0.5, 0.6) is 11.5 Å². The fraction of sp³-hybridized carbons (Fsp3) is 0.316. The number of halogens is 1. The average molecular weight is 349 g/mol.